The van der Waals surface area contributed by atoms with Gasteiger partial charge in [0.05, 0.1) is 5.69 Å². The number of nitrogens with zero attached hydrogens (tertiary/aromatic N) is 4. The van der Waals surface area contributed by atoms with E-state index < -0.39 is 11.0 Å². The van der Waals surface area contributed by atoms with E-state index in [1.54, 1.807) is 35.2 Å². The van der Waals surface area contributed by atoms with Gasteiger partial charge in [0.25, 0.3) is 5.91 Å². The molecule has 0 unspecified atom stereocenters. The molecule has 3 heterocycles. The number of amides is 3. The lowest BCUT2D eigenvalue weighted by Gasteiger charge is -2.35. The molecule has 2 aromatic rings. The van der Waals surface area contributed by atoms with E-state index in [9.17, 15) is 19.7 Å². The Morgan fingerprint density at radius 3 is 2.28 bits per heavy atom. The van der Waals surface area contributed by atoms with Gasteiger partial charge in [0.2, 0.25) is 0 Å². The summed E-state index contributed by atoms with van der Waals surface area (Å²) in [6.07, 6.45) is 2.71. The number of hydrogen-bond acceptors (Lipinski definition) is 7. The highest BCUT2D eigenvalue weighted by Gasteiger charge is 2.24. The first-order valence-corrected chi connectivity index (χ1v) is 10.4. The third kappa shape index (κ3) is 5.11. The maximum atomic E-state index is 12.6. The lowest BCUT2D eigenvalue weighted by molar-refractivity contribution is -0.389. The SMILES string of the molecule is O=C(Nc1ccc(NC(=O)N2CCN(c3ccc([N+](=O)[O-])nc3)CC2)cc1)[C@@H]1CCCO1. The van der Waals surface area contributed by atoms with Crippen LogP contribution in [0.3, 0.4) is 0 Å². The van der Waals surface area contributed by atoms with Gasteiger partial charge < -0.3 is 35.3 Å². The molecule has 4 rings (SSSR count). The molecule has 2 fully saturated rings. The lowest BCUT2D eigenvalue weighted by atomic mass is 10.2. The molecule has 0 spiro atoms. The van der Waals surface area contributed by atoms with Crippen LogP contribution in [-0.2, 0) is 9.53 Å². The third-order valence-corrected chi connectivity index (χ3v) is 5.48. The quantitative estimate of drug-likeness (QED) is 0.539. The smallest absolute Gasteiger partial charge is 0.363 e. The molecule has 2 N–H and O–H groups in total. The van der Waals surface area contributed by atoms with E-state index in [0.717, 1.165) is 18.5 Å². The Morgan fingerprint density at radius 2 is 1.72 bits per heavy atom. The second-order valence-corrected chi connectivity index (χ2v) is 7.60. The zero-order chi connectivity index (χ0) is 22.5. The molecule has 0 bridgehead atoms. The summed E-state index contributed by atoms with van der Waals surface area (Å²) in [5.41, 5.74) is 2.07. The number of benzene rings is 1. The molecule has 0 saturated carbocycles. The van der Waals surface area contributed by atoms with Crippen molar-refractivity contribution in [3.05, 3.63) is 52.7 Å². The molecule has 0 aliphatic carbocycles. The molecular formula is C21H24N6O5. The maximum Gasteiger partial charge on any atom is 0.363 e. The minimum Gasteiger partial charge on any atom is -0.368 e. The van der Waals surface area contributed by atoms with Crippen LogP contribution < -0.4 is 15.5 Å². The lowest BCUT2D eigenvalue weighted by Crippen LogP contribution is -2.50. The van der Waals surface area contributed by atoms with Crippen LogP contribution in [-0.4, -0.2) is 65.6 Å². The van der Waals surface area contributed by atoms with Crippen molar-refractivity contribution in [2.45, 2.75) is 18.9 Å². The summed E-state index contributed by atoms with van der Waals surface area (Å²) in [6, 6.07) is 9.79. The van der Waals surface area contributed by atoms with Crippen LogP contribution in [0.5, 0.6) is 0 Å². The van der Waals surface area contributed by atoms with Crippen molar-refractivity contribution in [1.29, 1.82) is 0 Å². The summed E-state index contributed by atoms with van der Waals surface area (Å²) in [4.78, 5) is 42.5. The summed E-state index contributed by atoms with van der Waals surface area (Å²) in [7, 11) is 0. The normalized spacial score (nSPS) is 18.3. The van der Waals surface area contributed by atoms with Crippen LogP contribution in [0.4, 0.5) is 27.7 Å². The Morgan fingerprint density at radius 1 is 1.03 bits per heavy atom. The third-order valence-electron chi connectivity index (χ3n) is 5.48. The summed E-state index contributed by atoms with van der Waals surface area (Å²) < 4.78 is 5.37. The molecule has 3 amide bonds. The minimum atomic E-state index is -0.531. The molecule has 0 radical (unpaired) electrons. The number of aromatic nitrogens is 1. The molecule has 168 valence electrons. The largest absolute Gasteiger partial charge is 0.368 e. The number of anilines is 3. The monoisotopic (exact) mass is 440 g/mol. The first kappa shape index (κ1) is 21.5. The van der Waals surface area contributed by atoms with Gasteiger partial charge in [-0.15, -0.1) is 0 Å². The highest BCUT2D eigenvalue weighted by atomic mass is 16.6. The molecule has 1 aromatic heterocycles. The van der Waals surface area contributed by atoms with Gasteiger partial charge in [0.15, 0.2) is 6.20 Å². The fourth-order valence-corrected chi connectivity index (χ4v) is 3.69. The van der Waals surface area contributed by atoms with Gasteiger partial charge in [-0.05, 0) is 53.1 Å². The van der Waals surface area contributed by atoms with Crippen molar-refractivity contribution in [1.82, 2.24) is 9.88 Å². The van der Waals surface area contributed by atoms with Gasteiger partial charge in [0.1, 0.15) is 6.10 Å². The van der Waals surface area contributed by atoms with E-state index >= 15 is 0 Å². The number of carbonyl (C=O) groups is 2. The highest BCUT2D eigenvalue weighted by molar-refractivity contribution is 5.95. The van der Waals surface area contributed by atoms with Crippen LogP contribution in [0, 0.1) is 10.1 Å². The molecule has 1 atom stereocenters. The molecule has 2 aliphatic heterocycles. The second kappa shape index (κ2) is 9.60. The van der Waals surface area contributed by atoms with Crippen molar-refractivity contribution >= 4 is 34.8 Å². The van der Waals surface area contributed by atoms with Gasteiger partial charge in [-0.25, -0.2) is 4.79 Å². The number of ether oxygens (including phenoxy) is 1. The minimum absolute atomic E-state index is 0.152. The predicted molar refractivity (Wildman–Crippen MR) is 118 cm³/mol. The van der Waals surface area contributed by atoms with Crippen LogP contribution in [0.2, 0.25) is 0 Å². The second-order valence-electron chi connectivity index (χ2n) is 7.60. The van der Waals surface area contributed by atoms with E-state index in [4.69, 9.17) is 4.74 Å². The van der Waals surface area contributed by atoms with Crippen molar-refractivity contribution in [3.63, 3.8) is 0 Å². The average molecular weight is 440 g/mol. The number of piperazine rings is 1. The Labute approximate surface area is 184 Å². The van der Waals surface area contributed by atoms with Crippen molar-refractivity contribution in [3.8, 4) is 0 Å². The molecule has 11 heteroatoms. The molecule has 2 saturated heterocycles. The van der Waals surface area contributed by atoms with Crippen LogP contribution >= 0.6 is 0 Å². The van der Waals surface area contributed by atoms with E-state index in [0.29, 0.717) is 44.2 Å². The summed E-state index contributed by atoms with van der Waals surface area (Å²) in [5, 5.41) is 16.4. The molecule has 1 aromatic carbocycles. The van der Waals surface area contributed by atoms with E-state index in [1.165, 1.54) is 12.3 Å². The maximum absolute atomic E-state index is 12.6. The van der Waals surface area contributed by atoms with Crippen molar-refractivity contribution < 1.29 is 19.2 Å². The first-order chi connectivity index (χ1) is 15.5. The van der Waals surface area contributed by atoms with Gasteiger partial charge in [-0.1, -0.05) is 0 Å². The first-order valence-electron chi connectivity index (χ1n) is 10.4. The Kier molecular flexibility index (Phi) is 6.45. The summed E-state index contributed by atoms with van der Waals surface area (Å²) >= 11 is 0. The van der Waals surface area contributed by atoms with Crippen molar-refractivity contribution in [2.24, 2.45) is 0 Å². The Hall–Kier alpha value is -3.73. The van der Waals surface area contributed by atoms with Crippen molar-refractivity contribution in [2.75, 3.05) is 48.3 Å². The van der Waals surface area contributed by atoms with Gasteiger partial charge >= 0.3 is 11.8 Å². The number of carbonyl (C=O) groups excluding carboxylic acids is 2. The molecular weight excluding hydrogens is 416 g/mol. The number of nitrogens with one attached hydrogen (secondary N) is 2. The van der Waals surface area contributed by atoms with E-state index in [-0.39, 0.29) is 17.8 Å². The van der Waals surface area contributed by atoms with Gasteiger partial charge in [-0.3, -0.25) is 4.79 Å². The van der Waals surface area contributed by atoms with Crippen LogP contribution in [0.1, 0.15) is 12.8 Å². The fraction of sp³-hybridized carbons (Fsp3) is 0.381. The number of rotatable bonds is 5. The Bertz CT molecular complexity index is 967. The zero-order valence-corrected chi connectivity index (χ0v) is 17.4. The predicted octanol–water partition coefficient (Wildman–Crippen LogP) is 2.46. The van der Waals surface area contributed by atoms with E-state index in [2.05, 4.69) is 15.6 Å². The number of pyridine rings is 1. The highest BCUT2D eigenvalue weighted by Crippen LogP contribution is 2.20. The number of nitro groups is 1. The molecule has 11 nitrogen and oxygen atoms in total. The zero-order valence-electron chi connectivity index (χ0n) is 17.4. The topological polar surface area (TPSA) is 130 Å². The van der Waals surface area contributed by atoms with Gasteiger partial charge in [0, 0.05) is 50.2 Å². The Balaban J connectivity index is 1.25. The van der Waals surface area contributed by atoms with Gasteiger partial charge in [-0.2, -0.15) is 0 Å². The molecule has 2 aliphatic rings. The van der Waals surface area contributed by atoms with Crippen LogP contribution in [0.15, 0.2) is 42.6 Å². The summed E-state index contributed by atoms with van der Waals surface area (Å²) in [5.74, 6) is -0.343. The summed E-state index contributed by atoms with van der Waals surface area (Å²) in [6.45, 7) is 2.83. The standard InChI is InChI=1S/C21H24N6O5/c28-20(18-2-1-13-32-18)23-15-3-5-16(6-4-15)24-21(29)26-11-9-25(10-12-26)17-7-8-19(22-14-17)27(30)31/h3-8,14,18H,1-2,9-13H2,(H,23,28)(H,24,29)/t18-/m0/s1. The fourth-order valence-electron chi connectivity index (χ4n) is 3.69. The van der Waals surface area contributed by atoms with E-state index in [1.807, 2.05) is 4.90 Å². The average Bonchev–Trinajstić information content (AvgIpc) is 3.36. The number of hydrogen-bond donors (Lipinski definition) is 2. The number of urea groups is 1. The van der Waals surface area contributed by atoms with Crippen LogP contribution in [0.25, 0.3) is 0 Å². The molecule has 32 heavy (non-hydrogen) atoms.